The van der Waals surface area contributed by atoms with Gasteiger partial charge in [0, 0.05) is 73.4 Å². The third kappa shape index (κ3) is 5.30. The quantitative estimate of drug-likeness (QED) is 0.175. The van der Waals surface area contributed by atoms with Crippen molar-refractivity contribution in [3.8, 4) is 56.4 Å². The smallest absolute Gasteiger partial charge is 0.164 e. The summed E-state index contributed by atoms with van der Waals surface area (Å²) >= 11 is 3.74. The second-order valence-corrected chi connectivity index (χ2v) is 16.5. The van der Waals surface area contributed by atoms with Gasteiger partial charge in [0.1, 0.15) is 11.2 Å². The number of benzene rings is 8. The van der Waals surface area contributed by atoms with Crippen LogP contribution in [0.25, 0.3) is 119 Å². The molecular formula is C51H29N3OS2. The molecule has 4 nitrogen and oxygen atoms in total. The number of fused-ring (bicyclic) bond motifs is 9. The maximum atomic E-state index is 6.67. The summed E-state index contributed by atoms with van der Waals surface area (Å²) in [5, 5.41) is 7.31. The molecule has 0 aliphatic heterocycles. The molecule has 6 heteroatoms. The molecule has 0 atom stereocenters. The molecular weight excluding hydrogens is 735 g/mol. The van der Waals surface area contributed by atoms with Gasteiger partial charge in [-0.25, -0.2) is 15.0 Å². The van der Waals surface area contributed by atoms with E-state index in [4.69, 9.17) is 19.4 Å². The Morgan fingerprint density at radius 3 is 1.67 bits per heavy atom. The van der Waals surface area contributed by atoms with Crippen molar-refractivity contribution in [2.75, 3.05) is 0 Å². The Bertz CT molecular complexity index is 3470. The zero-order valence-electron chi connectivity index (χ0n) is 30.3. The van der Waals surface area contributed by atoms with Crippen LogP contribution in [0.15, 0.2) is 180 Å². The first-order valence-electron chi connectivity index (χ1n) is 18.9. The summed E-state index contributed by atoms with van der Waals surface area (Å²) in [6.07, 6.45) is 0. The van der Waals surface area contributed by atoms with Crippen molar-refractivity contribution in [1.82, 2.24) is 15.0 Å². The second kappa shape index (κ2) is 12.8. The van der Waals surface area contributed by atoms with Crippen LogP contribution >= 0.6 is 22.7 Å². The fraction of sp³-hybridized carbons (Fsp3) is 0. The van der Waals surface area contributed by atoms with E-state index in [0.717, 1.165) is 49.8 Å². The first kappa shape index (κ1) is 32.3. The summed E-state index contributed by atoms with van der Waals surface area (Å²) in [6, 6.07) is 62.1. The fourth-order valence-corrected chi connectivity index (χ4v) is 10.6. The fourth-order valence-electron chi connectivity index (χ4n) is 8.23. The summed E-state index contributed by atoms with van der Waals surface area (Å²) in [7, 11) is 0. The van der Waals surface area contributed by atoms with E-state index in [1.807, 2.05) is 83.3 Å². The number of rotatable bonds is 5. The summed E-state index contributed by atoms with van der Waals surface area (Å²) < 4.78 is 11.9. The van der Waals surface area contributed by atoms with E-state index in [9.17, 15) is 0 Å². The van der Waals surface area contributed by atoms with E-state index in [-0.39, 0.29) is 0 Å². The lowest BCUT2D eigenvalue weighted by atomic mass is 9.93. The Morgan fingerprint density at radius 2 is 0.930 bits per heavy atom. The SMILES string of the molecule is c1ccc(-c2nc(-c3ccccc3)nc(-c3ccc4c(c3)oc3cccc(-c5cc(-c6ccc7c(c6)sc6ccccc67)c6sc7ccccc7c6c5)c34)n2)cc1. The van der Waals surface area contributed by atoms with Gasteiger partial charge < -0.3 is 4.42 Å². The molecule has 0 radical (unpaired) electrons. The van der Waals surface area contributed by atoms with E-state index in [2.05, 4.69) is 115 Å². The molecule has 0 aliphatic rings. The van der Waals surface area contributed by atoms with E-state index in [0.29, 0.717) is 17.5 Å². The molecule has 12 aromatic rings. The zero-order valence-corrected chi connectivity index (χ0v) is 31.9. The summed E-state index contributed by atoms with van der Waals surface area (Å²) in [4.78, 5) is 14.9. The van der Waals surface area contributed by atoms with Crippen molar-refractivity contribution < 1.29 is 4.42 Å². The minimum atomic E-state index is 0.598. The molecule has 57 heavy (non-hydrogen) atoms. The Hall–Kier alpha value is -6.99. The van der Waals surface area contributed by atoms with Crippen LogP contribution in [0.4, 0.5) is 0 Å². The van der Waals surface area contributed by atoms with Gasteiger partial charge in [-0.3, -0.25) is 0 Å². The van der Waals surface area contributed by atoms with Crippen LogP contribution in [0.1, 0.15) is 0 Å². The monoisotopic (exact) mass is 763 g/mol. The van der Waals surface area contributed by atoms with Crippen LogP contribution in [0.5, 0.6) is 0 Å². The third-order valence-corrected chi connectivity index (χ3v) is 13.3. The highest BCUT2D eigenvalue weighted by Gasteiger charge is 2.20. The van der Waals surface area contributed by atoms with E-state index >= 15 is 0 Å². The van der Waals surface area contributed by atoms with E-state index < -0.39 is 0 Å². The van der Waals surface area contributed by atoms with Crippen molar-refractivity contribution in [2.24, 2.45) is 0 Å². The predicted octanol–water partition coefficient (Wildman–Crippen LogP) is 14.8. The third-order valence-electron chi connectivity index (χ3n) is 10.9. The van der Waals surface area contributed by atoms with Gasteiger partial charge in [0.2, 0.25) is 0 Å². The predicted molar refractivity (Wildman–Crippen MR) is 240 cm³/mol. The number of hydrogen-bond donors (Lipinski definition) is 0. The highest BCUT2D eigenvalue weighted by Crippen LogP contribution is 2.46. The average Bonchev–Trinajstić information content (AvgIpc) is 3.97. The molecule has 0 N–H and O–H groups in total. The minimum absolute atomic E-state index is 0.598. The highest BCUT2D eigenvalue weighted by atomic mass is 32.1. The van der Waals surface area contributed by atoms with Gasteiger partial charge in [0.05, 0.1) is 0 Å². The normalized spacial score (nSPS) is 11.9. The number of hydrogen-bond acceptors (Lipinski definition) is 6. The number of nitrogens with zero attached hydrogens (tertiary/aromatic N) is 3. The second-order valence-electron chi connectivity index (χ2n) is 14.3. The molecule has 12 rings (SSSR count). The number of furan rings is 1. The molecule has 0 saturated carbocycles. The van der Waals surface area contributed by atoms with Crippen molar-refractivity contribution in [1.29, 1.82) is 0 Å². The number of thiophene rings is 2. The van der Waals surface area contributed by atoms with Gasteiger partial charge in [-0.2, -0.15) is 0 Å². The summed E-state index contributed by atoms with van der Waals surface area (Å²) in [5.74, 6) is 1.86. The first-order chi connectivity index (χ1) is 28.2. The van der Waals surface area contributed by atoms with Crippen molar-refractivity contribution in [3.63, 3.8) is 0 Å². The van der Waals surface area contributed by atoms with Gasteiger partial charge in [-0.1, -0.05) is 127 Å². The topological polar surface area (TPSA) is 51.8 Å². The molecule has 0 aliphatic carbocycles. The molecule has 0 amide bonds. The van der Waals surface area contributed by atoms with E-state index in [1.54, 1.807) is 0 Å². The van der Waals surface area contributed by atoms with Crippen LogP contribution in [-0.4, -0.2) is 15.0 Å². The Morgan fingerprint density at radius 1 is 0.333 bits per heavy atom. The van der Waals surface area contributed by atoms with E-state index in [1.165, 1.54) is 51.5 Å². The van der Waals surface area contributed by atoms with Crippen LogP contribution in [0.2, 0.25) is 0 Å². The van der Waals surface area contributed by atoms with Crippen molar-refractivity contribution >= 4 is 85.0 Å². The van der Waals surface area contributed by atoms with Gasteiger partial charge in [0.25, 0.3) is 0 Å². The van der Waals surface area contributed by atoms with Crippen LogP contribution < -0.4 is 0 Å². The molecule has 266 valence electrons. The molecule has 4 heterocycles. The van der Waals surface area contributed by atoms with Crippen LogP contribution in [-0.2, 0) is 0 Å². The minimum Gasteiger partial charge on any atom is -0.456 e. The largest absolute Gasteiger partial charge is 0.456 e. The van der Waals surface area contributed by atoms with Crippen LogP contribution in [0, 0.1) is 0 Å². The first-order valence-corrected chi connectivity index (χ1v) is 20.6. The Balaban J connectivity index is 1.04. The maximum Gasteiger partial charge on any atom is 0.164 e. The Labute approximate surface area is 335 Å². The van der Waals surface area contributed by atoms with Crippen molar-refractivity contribution in [2.45, 2.75) is 0 Å². The van der Waals surface area contributed by atoms with Crippen LogP contribution in [0.3, 0.4) is 0 Å². The highest BCUT2D eigenvalue weighted by molar-refractivity contribution is 7.26. The number of aromatic nitrogens is 3. The molecule has 8 aromatic carbocycles. The lowest BCUT2D eigenvalue weighted by molar-refractivity contribution is 0.669. The standard InChI is InChI=1S/C51H29N3OS2/c1-3-12-30(13-4-1)49-52-50(31-14-5-2-6-15-31)54-51(53-49)33-23-25-39-43(28-33)55-42-19-11-18-35(47(39)42)34-26-40(48-41(27-34)37-17-8-10-21-45(37)57-48)32-22-24-38-36-16-7-9-20-44(36)56-46(38)29-32/h1-29H. The van der Waals surface area contributed by atoms with Gasteiger partial charge in [-0.05, 0) is 65.2 Å². The zero-order chi connectivity index (χ0) is 37.5. The van der Waals surface area contributed by atoms with Gasteiger partial charge >= 0.3 is 0 Å². The molecule has 4 aromatic heterocycles. The summed E-state index contributed by atoms with van der Waals surface area (Å²) in [6.45, 7) is 0. The lowest BCUT2D eigenvalue weighted by Gasteiger charge is -2.11. The maximum absolute atomic E-state index is 6.67. The molecule has 0 saturated heterocycles. The Kier molecular flexibility index (Phi) is 7.24. The van der Waals surface area contributed by atoms with Crippen molar-refractivity contribution in [3.05, 3.63) is 176 Å². The van der Waals surface area contributed by atoms with Gasteiger partial charge in [0.15, 0.2) is 17.5 Å². The molecule has 0 bridgehead atoms. The van der Waals surface area contributed by atoms with Gasteiger partial charge in [-0.15, -0.1) is 22.7 Å². The molecule has 0 spiro atoms. The molecule has 0 fully saturated rings. The molecule has 0 unspecified atom stereocenters. The average molecular weight is 764 g/mol. The lowest BCUT2D eigenvalue weighted by Crippen LogP contribution is -2.00. The summed E-state index contributed by atoms with van der Waals surface area (Å²) in [5.41, 5.74) is 9.13.